The summed E-state index contributed by atoms with van der Waals surface area (Å²) in [6.45, 7) is 0. The maximum atomic E-state index is 11.9. The molecule has 1 aromatic heterocycles. The Bertz CT molecular complexity index is 656. The number of carbonyl (C=O) groups excluding carboxylic acids is 2. The fourth-order valence-corrected chi connectivity index (χ4v) is 2.91. The Kier molecular flexibility index (Phi) is 4.90. The predicted octanol–water partition coefficient (Wildman–Crippen LogP) is 2.49. The molecule has 2 N–H and O–H groups in total. The van der Waals surface area contributed by atoms with Gasteiger partial charge in [0.15, 0.2) is 11.5 Å². The van der Waals surface area contributed by atoms with E-state index in [1.165, 1.54) is 6.42 Å². The van der Waals surface area contributed by atoms with Crippen LogP contribution >= 0.6 is 0 Å². The van der Waals surface area contributed by atoms with E-state index < -0.39 is 0 Å². The van der Waals surface area contributed by atoms with Gasteiger partial charge in [0, 0.05) is 18.8 Å². The number of aromatic nitrogens is 1. The highest BCUT2D eigenvalue weighted by atomic mass is 16.3. The number of carbonyl (C=O) groups is 2. The lowest BCUT2D eigenvalue weighted by Gasteiger charge is -2.20. The molecule has 1 aromatic carbocycles. The van der Waals surface area contributed by atoms with Gasteiger partial charge in [-0.1, -0.05) is 31.4 Å². The normalized spacial score (nSPS) is 15.5. The molecule has 1 heterocycles. The molecule has 6 nitrogen and oxygen atoms in total. The topological polar surface area (TPSA) is 84.2 Å². The summed E-state index contributed by atoms with van der Waals surface area (Å²) in [5.74, 6) is 0.234. The van der Waals surface area contributed by atoms with E-state index in [0.717, 1.165) is 31.2 Å². The molecule has 122 valence electrons. The van der Waals surface area contributed by atoms with Crippen LogP contribution in [0.3, 0.4) is 0 Å². The van der Waals surface area contributed by atoms with Gasteiger partial charge in [-0.2, -0.15) is 0 Å². The van der Waals surface area contributed by atoms with Gasteiger partial charge in [-0.05, 0) is 25.0 Å². The van der Waals surface area contributed by atoms with Crippen molar-refractivity contribution in [2.24, 2.45) is 5.92 Å². The number of benzene rings is 1. The van der Waals surface area contributed by atoms with Gasteiger partial charge in [0.2, 0.25) is 11.8 Å². The molecular weight excluding hydrogens is 294 g/mol. The fourth-order valence-electron chi connectivity index (χ4n) is 2.91. The van der Waals surface area contributed by atoms with Crippen molar-refractivity contribution < 1.29 is 14.0 Å². The zero-order valence-corrected chi connectivity index (χ0v) is 13.0. The van der Waals surface area contributed by atoms with Crippen molar-refractivity contribution in [2.75, 3.05) is 0 Å². The van der Waals surface area contributed by atoms with Crippen LogP contribution in [0.15, 0.2) is 28.7 Å². The van der Waals surface area contributed by atoms with Gasteiger partial charge in [-0.15, -0.1) is 0 Å². The number of oxazole rings is 1. The third-order valence-electron chi connectivity index (χ3n) is 4.21. The van der Waals surface area contributed by atoms with E-state index in [9.17, 15) is 9.59 Å². The molecule has 6 heteroatoms. The molecule has 0 saturated heterocycles. The first-order chi connectivity index (χ1) is 11.2. The third-order valence-corrected chi connectivity index (χ3v) is 4.21. The Balaban J connectivity index is 1.43. The number of para-hydroxylation sites is 2. The first-order valence-corrected chi connectivity index (χ1v) is 8.15. The molecule has 2 amide bonds. The second kappa shape index (κ2) is 7.26. The number of rotatable bonds is 4. The molecule has 0 radical (unpaired) electrons. The Morgan fingerprint density at radius 2 is 1.91 bits per heavy atom. The standard InChI is InChI=1S/C17H21N3O3/c21-15(19-20-17(22)12-6-2-1-3-7-12)10-11-16-18-13-8-4-5-9-14(13)23-16/h4-5,8-9,12H,1-3,6-7,10-11H2,(H,19,21)(H,20,22). The van der Waals surface area contributed by atoms with Crippen LogP contribution in [0.5, 0.6) is 0 Å². The van der Waals surface area contributed by atoms with Crippen LogP contribution in [-0.4, -0.2) is 16.8 Å². The number of nitrogens with zero attached hydrogens (tertiary/aromatic N) is 1. The van der Waals surface area contributed by atoms with Crippen molar-refractivity contribution in [1.29, 1.82) is 0 Å². The SMILES string of the molecule is O=C(CCc1nc2ccccc2o1)NNC(=O)C1CCCCC1. The molecule has 0 bridgehead atoms. The van der Waals surface area contributed by atoms with E-state index >= 15 is 0 Å². The third kappa shape index (κ3) is 4.09. The van der Waals surface area contributed by atoms with Gasteiger partial charge >= 0.3 is 0 Å². The average molecular weight is 315 g/mol. The maximum Gasteiger partial charge on any atom is 0.241 e. The number of hydrogen-bond donors (Lipinski definition) is 2. The Morgan fingerprint density at radius 3 is 2.70 bits per heavy atom. The zero-order valence-electron chi connectivity index (χ0n) is 13.0. The highest BCUT2D eigenvalue weighted by Crippen LogP contribution is 2.23. The minimum atomic E-state index is -0.239. The van der Waals surface area contributed by atoms with Crippen molar-refractivity contribution >= 4 is 22.9 Å². The second-order valence-electron chi connectivity index (χ2n) is 5.95. The van der Waals surface area contributed by atoms with Gasteiger partial charge in [-0.3, -0.25) is 20.4 Å². The summed E-state index contributed by atoms with van der Waals surface area (Å²) < 4.78 is 5.56. The van der Waals surface area contributed by atoms with Crippen LogP contribution in [0.25, 0.3) is 11.1 Å². The summed E-state index contributed by atoms with van der Waals surface area (Å²) in [5.41, 5.74) is 6.50. The van der Waals surface area contributed by atoms with E-state index in [0.29, 0.717) is 17.9 Å². The predicted molar refractivity (Wildman–Crippen MR) is 85.2 cm³/mol. The van der Waals surface area contributed by atoms with Crippen molar-refractivity contribution in [3.05, 3.63) is 30.2 Å². The van der Waals surface area contributed by atoms with E-state index in [1.807, 2.05) is 24.3 Å². The Morgan fingerprint density at radius 1 is 1.13 bits per heavy atom. The summed E-state index contributed by atoms with van der Waals surface area (Å²) in [4.78, 5) is 28.1. The Labute approximate surface area is 134 Å². The molecule has 3 rings (SSSR count). The van der Waals surface area contributed by atoms with Crippen LogP contribution in [0.4, 0.5) is 0 Å². The molecule has 2 aromatic rings. The summed E-state index contributed by atoms with van der Waals surface area (Å²) in [6.07, 6.45) is 5.81. The van der Waals surface area contributed by atoms with E-state index in [1.54, 1.807) is 0 Å². The minimum Gasteiger partial charge on any atom is -0.441 e. The van der Waals surface area contributed by atoms with Gasteiger partial charge < -0.3 is 4.42 Å². The smallest absolute Gasteiger partial charge is 0.241 e. The molecule has 0 aliphatic heterocycles. The number of aryl methyl sites for hydroxylation is 1. The molecule has 1 aliphatic carbocycles. The number of nitrogens with one attached hydrogen (secondary N) is 2. The van der Waals surface area contributed by atoms with Crippen molar-refractivity contribution in [3.63, 3.8) is 0 Å². The Hall–Kier alpha value is -2.37. The quantitative estimate of drug-likeness (QED) is 0.849. The number of amides is 2. The van der Waals surface area contributed by atoms with Gasteiger partial charge in [0.05, 0.1) is 0 Å². The van der Waals surface area contributed by atoms with Crippen LogP contribution in [0.2, 0.25) is 0 Å². The summed E-state index contributed by atoms with van der Waals surface area (Å²) >= 11 is 0. The van der Waals surface area contributed by atoms with Crippen molar-refractivity contribution in [1.82, 2.24) is 15.8 Å². The molecule has 0 spiro atoms. The van der Waals surface area contributed by atoms with Crippen LogP contribution in [0.1, 0.15) is 44.4 Å². The van der Waals surface area contributed by atoms with Crippen molar-refractivity contribution in [3.8, 4) is 0 Å². The van der Waals surface area contributed by atoms with Gasteiger partial charge in [0.1, 0.15) is 5.52 Å². The van der Waals surface area contributed by atoms with E-state index in [-0.39, 0.29) is 24.2 Å². The van der Waals surface area contributed by atoms with Gasteiger partial charge in [-0.25, -0.2) is 4.98 Å². The number of hydrazine groups is 1. The van der Waals surface area contributed by atoms with Crippen LogP contribution < -0.4 is 10.9 Å². The number of fused-ring (bicyclic) bond motifs is 1. The molecule has 1 aliphatic rings. The highest BCUT2D eigenvalue weighted by molar-refractivity contribution is 5.83. The van der Waals surface area contributed by atoms with E-state index in [2.05, 4.69) is 15.8 Å². The molecule has 1 fully saturated rings. The monoisotopic (exact) mass is 315 g/mol. The number of hydrogen-bond acceptors (Lipinski definition) is 4. The lowest BCUT2D eigenvalue weighted by atomic mass is 9.89. The summed E-state index contributed by atoms with van der Waals surface area (Å²) in [5, 5.41) is 0. The molecule has 0 atom stereocenters. The van der Waals surface area contributed by atoms with Gasteiger partial charge in [0.25, 0.3) is 0 Å². The highest BCUT2D eigenvalue weighted by Gasteiger charge is 2.21. The second-order valence-corrected chi connectivity index (χ2v) is 5.95. The summed E-state index contributed by atoms with van der Waals surface area (Å²) in [7, 11) is 0. The van der Waals surface area contributed by atoms with Crippen LogP contribution in [-0.2, 0) is 16.0 Å². The molecule has 0 unspecified atom stereocenters. The first kappa shape index (κ1) is 15.5. The maximum absolute atomic E-state index is 11.9. The van der Waals surface area contributed by atoms with E-state index in [4.69, 9.17) is 4.42 Å². The largest absolute Gasteiger partial charge is 0.441 e. The zero-order chi connectivity index (χ0) is 16.1. The molecule has 23 heavy (non-hydrogen) atoms. The van der Waals surface area contributed by atoms with Crippen LogP contribution in [0, 0.1) is 5.92 Å². The average Bonchev–Trinajstić information content (AvgIpc) is 3.01. The lowest BCUT2D eigenvalue weighted by molar-refractivity contribution is -0.131. The van der Waals surface area contributed by atoms with Crippen molar-refractivity contribution in [2.45, 2.75) is 44.9 Å². The molecular formula is C17H21N3O3. The molecule has 1 saturated carbocycles. The minimum absolute atomic E-state index is 0.0288. The fraction of sp³-hybridized carbons (Fsp3) is 0.471. The summed E-state index contributed by atoms with van der Waals surface area (Å²) in [6, 6.07) is 7.48. The lowest BCUT2D eigenvalue weighted by Crippen LogP contribution is -2.45. The first-order valence-electron chi connectivity index (χ1n) is 8.15.